The molecule has 4 heteroatoms. The lowest BCUT2D eigenvalue weighted by atomic mass is 9.74. The second kappa shape index (κ2) is 9.00. The number of hydrogen-bond acceptors (Lipinski definition) is 4. The Balaban J connectivity index is 1.48. The number of nitrogens with zero attached hydrogens (tertiary/aromatic N) is 2. The first-order valence-electron chi connectivity index (χ1n) is 10.5. The van der Waals surface area contributed by atoms with Crippen molar-refractivity contribution in [1.29, 1.82) is 0 Å². The molecule has 0 spiro atoms. The minimum absolute atomic E-state index is 0.226. The molecule has 2 aromatic carbocycles. The molecule has 4 nitrogen and oxygen atoms in total. The molecule has 2 fully saturated rings. The van der Waals surface area contributed by atoms with Gasteiger partial charge < -0.3 is 14.7 Å². The molecular formula is C25H30N2O2. The van der Waals surface area contributed by atoms with E-state index >= 15 is 0 Å². The lowest BCUT2D eigenvalue weighted by Gasteiger charge is -2.57. The van der Waals surface area contributed by atoms with Crippen LogP contribution in [-0.4, -0.2) is 67.4 Å². The molecule has 4 rings (SSSR count). The van der Waals surface area contributed by atoms with Gasteiger partial charge in [-0.15, -0.1) is 0 Å². The van der Waals surface area contributed by atoms with E-state index in [1.165, 1.54) is 24.9 Å². The van der Waals surface area contributed by atoms with Crippen LogP contribution in [0, 0.1) is 11.8 Å². The average Bonchev–Trinajstić information content (AvgIpc) is 2.74. The number of likely N-dealkylation sites (N-methyl/N-ethyl adjacent to an activating group) is 1. The Morgan fingerprint density at radius 3 is 2.21 bits per heavy atom. The Morgan fingerprint density at radius 2 is 1.59 bits per heavy atom. The summed E-state index contributed by atoms with van der Waals surface area (Å²) in [5.74, 6) is 7.70. The smallest absolute Gasteiger partial charge is 0.118 e. The predicted molar refractivity (Wildman–Crippen MR) is 116 cm³/mol. The van der Waals surface area contributed by atoms with Crippen molar-refractivity contribution >= 4 is 0 Å². The highest BCUT2D eigenvalue weighted by atomic mass is 16.5. The topological polar surface area (TPSA) is 35.9 Å². The molecule has 0 amide bonds. The summed E-state index contributed by atoms with van der Waals surface area (Å²) >= 11 is 0. The predicted octanol–water partition coefficient (Wildman–Crippen LogP) is 2.95. The molecule has 3 atom stereocenters. The van der Waals surface area contributed by atoms with Crippen LogP contribution in [0.5, 0.6) is 5.75 Å². The molecule has 0 bridgehead atoms. The number of fused-ring (bicyclic) bond motifs is 1. The maximum absolute atomic E-state index is 10.0. The monoisotopic (exact) mass is 390 g/mol. The number of rotatable bonds is 3. The summed E-state index contributed by atoms with van der Waals surface area (Å²) in [6, 6.07) is 17.1. The number of aliphatic hydroxyl groups is 1. The highest BCUT2D eigenvalue weighted by Gasteiger charge is 2.48. The molecule has 2 heterocycles. The van der Waals surface area contributed by atoms with Crippen LogP contribution < -0.4 is 4.74 Å². The van der Waals surface area contributed by atoms with Gasteiger partial charge in [0.05, 0.1) is 13.7 Å². The maximum Gasteiger partial charge on any atom is 0.118 e. The zero-order valence-corrected chi connectivity index (χ0v) is 17.3. The van der Waals surface area contributed by atoms with E-state index in [4.69, 9.17) is 4.74 Å². The van der Waals surface area contributed by atoms with Gasteiger partial charge in [0, 0.05) is 35.7 Å². The van der Waals surface area contributed by atoms with E-state index in [1.807, 2.05) is 24.3 Å². The lowest BCUT2D eigenvalue weighted by molar-refractivity contribution is -0.0614. The van der Waals surface area contributed by atoms with Crippen molar-refractivity contribution < 1.29 is 9.84 Å². The van der Waals surface area contributed by atoms with E-state index in [9.17, 15) is 5.11 Å². The molecule has 2 aliphatic heterocycles. The van der Waals surface area contributed by atoms with Crippen molar-refractivity contribution in [3.05, 3.63) is 65.2 Å². The Hall–Kier alpha value is -2.32. The second-order valence-electron chi connectivity index (χ2n) is 8.15. The van der Waals surface area contributed by atoms with Gasteiger partial charge in [-0.3, -0.25) is 4.90 Å². The van der Waals surface area contributed by atoms with E-state index in [1.54, 1.807) is 7.11 Å². The Morgan fingerprint density at radius 1 is 0.966 bits per heavy atom. The third-order valence-electron chi connectivity index (χ3n) is 6.31. The van der Waals surface area contributed by atoms with Crippen LogP contribution in [0.3, 0.4) is 0 Å². The Bertz CT molecular complexity index is 866. The number of hydrogen-bond donors (Lipinski definition) is 1. The van der Waals surface area contributed by atoms with Crippen molar-refractivity contribution in [2.24, 2.45) is 0 Å². The maximum atomic E-state index is 10.0. The van der Waals surface area contributed by atoms with Gasteiger partial charge in [0.15, 0.2) is 0 Å². The van der Waals surface area contributed by atoms with Gasteiger partial charge in [-0.05, 0) is 74.9 Å². The zero-order valence-electron chi connectivity index (χ0n) is 17.3. The quantitative estimate of drug-likeness (QED) is 0.818. The van der Waals surface area contributed by atoms with Crippen molar-refractivity contribution in [3.8, 4) is 17.6 Å². The van der Waals surface area contributed by atoms with Gasteiger partial charge in [0.1, 0.15) is 5.75 Å². The Kier molecular flexibility index (Phi) is 6.20. The van der Waals surface area contributed by atoms with Gasteiger partial charge in [0.2, 0.25) is 0 Å². The van der Waals surface area contributed by atoms with Crippen LogP contribution in [0.4, 0.5) is 0 Å². The van der Waals surface area contributed by atoms with E-state index < -0.39 is 0 Å². The number of methoxy groups -OCH3 is 1. The number of aliphatic hydroxyl groups excluding tert-OH is 1. The van der Waals surface area contributed by atoms with Crippen LogP contribution in [0.1, 0.15) is 35.4 Å². The Labute approximate surface area is 174 Å². The molecule has 0 aromatic heterocycles. The third-order valence-corrected chi connectivity index (χ3v) is 6.31. The highest BCUT2D eigenvalue weighted by Crippen LogP contribution is 2.41. The highest BCUT2D eigenvalue weighted by molar-refractivity contribution is 5.45. The zero-order chi connectivity index (χ0) is 20.2. The standard InChI is InChI=1S/C25H30N2O2/c1-26-15-3-4-16-27-23(17-26)25(24(27)18-28)21-11-7-19(8-12-21)5-6-20-9-13-22(29-2)14-10-20/h7-14,23-25,28H,3-4,15-18H2,1-2H3/t23-,24-,25-/m1/s1. The van der Waals surface area contributed by atoms with Crippen molar-refractivity contribution in [2.45, 2.75) is 30.8 Å². The summed E-state index contributed by atoms with van der Waals surface area (Å²) in [6.07, 6.45) is 2.45. The summed E-state index contributed by atoms with van der Waals surface area (Å²) in [4.78, 5) is 4.95. The van der Waals surface area contributed by atoms with Gasteiger partial charge in [0.25, 0.3) is 0 Å². The molecule has 0 aliphatic carbocycles. The largest absolute Gasteiger partial charge is 0.497 e. The van der Waals surface area contributed by atoms with Crippen LogP contribution in [0.25, 0.3) is 0 Å². The minimum Gasteiger partial charge on any atom is -0.497 e. The molecule has 2 aliphatic rings. The number of ether oxygens (including phenoxy) is 1. The first-order chi connectivity index (χ1) is 14.2. The lowest BCUT2D eigenvalue weighted by Crippen LogP contribution is -2.67. The summed E-state index contributed by atoms with van der Waals surface area (Å²) in [5, 5.41) is 10.0. The summed E-state index contributed by atoms with van der Waals surface area (Å²) in [5.41, 5.74) is 3.30. The molecule has 29 heavy (non-hydrogen) atoms. The van der Waals surface area contributed by atoms with Gasteiger partial charge in [-0.25, -0.2) is 0 Å². The molecule has 2 aromatic rings. The van der Waals surface area contributed by atoms with E-state index in [0.29, 0.717) is 12.0 Å². The van der Waals surface area contributed by atoms with Crippen molar-refractivity contribution in [2.75, 3.05) is 40.4 Å². The van der Waals surface area contributed by atoms with Crippen LogP contribution in [0.2, 0.25) is 0 Å². The third kappa shape index (κ3) is 4.33. The SMILES string of the molecule is COc1ccc(C#Cc2ccc([C@H]3[C@@H](CO)N4CCCCN(C)C[C@H]34)cc2)cc1. The fraction of sp³-hybridized carbons (Fsp3) is 0.440. The van der Waals surface area contributed by atoms with E-state index in [-0.39, 0.29) is 12.6 Å². The number of benzene rings is 2. The van der Waals surface area contributed by atoms with Crippen LogP contribution in [0.15, 0.2) is 48.5 Å². The molecule has 2 saturated heterocycles. The second-order valence-corrected chi connectivity index (χ2v) is 8.15. The average molecular weight is 391 g/mol. The van der Waals surface area contributed by atoms with Crippen LogP contribution >= 0.6 is 0 Å². The first-order valence-corrected chi connectivity index (χ1v) is 10.5. The van der Waals surface area contributed by atoms with Crippen LogP contribution in [-0.2, 0) is 0 Å². The molecule has 0 saturated carbocycles. The molecule has 0 radical (unpaired) electrons. The fourth-order valence-electron chi connectivity index (χ4n) is 4.72. The molecule has 0 unspecified atom stereocenters. The summed E-state index contributed by atoms with van der Waals surface area (Å²) in [6.45, 7) is 3.57. The molecule has 152 valence electrons. The fourth-order valence-corrected chi connectivity index (χ4v) is 4.72. The normalized spacial score (nSPS) is 25.0. The van der Waals surface area contributed by atoms with Gasteiger partial charge in [-0.2, -0.15) is 0 Å². The van der Waals surface area contributed by atoms with Crippen molar-refractivity contribution in [1.82, 2.24) is 9.80 Å². The van der Waals surface area contributed by atoms with Gasteiger partial charge in [-0.1, -0.05) is 24.0 Å². The van der Waals surface area contributed by atoms with Crippen molar-refractivity contribution in [3.63, 3.8) is 0 Å². The van der Waals surface area contributed by atoms with Gasteiger partial charge >= 0.3 is 0 Å². The minimum atomic E-state index is 0.226. The van der Waals surface area contributed by atoms with E-state index in [0.717, 1.165) is 30.0 Å². The summed E-state index contributed by atoms with van der Waals surface area (Å²) in [7, 11) is 3.88. The first kappa shape index (κ1) is 20.0. The molecule has 1 N–H and O–H groups in total. The van der Waals surface area contributed by atoms with E-state index in [2.05, 4.69) is 53.0 Å². The molecular weight excluding hydrogens is 360 g/mol. The summed E-state index contributed by atoms with van der Waals surface area (Å²) < 4.78 is 5.19.